The summed E-state index contributed by atoms with van der Waals surface area (Å²) < 4.78 is 22.8. The van der Waals surface area contributed by atoms with Crippen LogP contribution in [0.5, 0.6) is 17.2 Å². The largest absolute Gasteiger partial charge is 0.496 e. The van der Waals surface area contributed by atoms with Gasteiger partial charge in [-0.15, -0.1) is 0 Å². The summed E-state index contributed by atoms with van der Waals surface area (Å²) in [6, 6.07) is 11.7. The highest BCUT2D eigenvalue weighted by atomic mass is 32.2. The van der Waals surface area contributed by atoms with E-state index in [4.69, 9.17) is 18.9 Å². The van der Waals surface area contributed by atoms with Gasteiger partial charge < -0.3 is 18.9 Å². The lowest BCUT2D eigenvalue weighted by Gasteiger charge is -2.31. The van der Waals surface area contributed by atoms with Crippen LogP contribution in [0.25, 0.3) is 16.7 Å². The number of hydrogen-bond acceptors (Lipinski definition) is 7. The van der Waals surface area contributed by atoms with E-state index in [9.17, 15) is 4.79 Å². The predicted molar refractivity (Wildman–Crippen MR) is 131 cm³/mol. The molecule has 1 unspecified atom stereocenters. The number of carbonyl (C=O) groups is 1. The summed E-state index contributed by atoms with van der Waals surface area (Å²) in [6.45, 7) is 5.55. The zero-order chi connectivity index (χ0) is 23.8. The molecule has 7 heteroatoms. The molecule has 0 bridgehead atoms. The summed E-state index contributed by atoms with van der Waals surface area (Å²) in [7, 11) is 4.85. The Morgan fingerprint density at radius 1 is 1.03 bits per heavy atom. The molecule has 0 spiro atoms. The molecule has 33 heavy (non-hydrogen) atoms. The Kier molecular flexibility index (Phi) is 6.26. The smallest absolute Gasteiger partial charge is 0.186 e. The van der Waals surface area contributed by atoms with E-state index in [0.717, 1.165) is 39.1 Å². The Morgan fingerprint density at radius 2 is 1.76 bits per heavy atom. The van der Waals surface area contributed by atoms with Crippen molar-refractivity contribution in [2.24, 2.45) is 0 Å². The quantitative estimate of drug-likeness (QED) is 0.457. The lowest BCUT2D eigenvalue weighted by Crippen LogP contribution is -2.29. The number of carbonyl (C=O) groups excluding carboxylic acids is 1. The molecule has 2 aromatic carbocycles. The number of ether oxygens (including phenoxy) is 4. The predicted octanol–water partition coefficient (Wildman–Crippen LogP) is 5.78. The summed E-state index contributed by atoms with van der Waals surface area (Å²) in [5.41, 5.74) is 3.08. The van der Waals surface area contributed by atoms with Crippen molar-refractivity contribution >= 4 is 33.5 Å². The Labute approximate surface area is 197 Å². The first-order chi connectivity index (χ1) is 15.8. The van der Waals surface area contributed by atoms with E-state index in [0.29, 0.717) is 11.5 Å². The molecule has 6 nitrogen and oxygen atoms in total. The van der Waals surface area contributed by atoms with Gasteiger partial charge in [0.25, 0.3) is 0 Å². The third-order valence-corrected chi connectivity index (χ3v) is 6.58. The Bertz CT molecular complexity index is 1250. The zero-order valence-electron chi connectivity index (χ0n) is 19.6. The Hall–Kier alpha value is -3.19. The second-order valence-corrected chi connectivity index (χ2v) is 9.57. The van der Waals surface area contributed by atoms with Gasteiger partial charge >= 0.3 is 0 Å². The molecule has 1 aliphatic heterocycles. The van der Waals surface area contributed by atoms with Crippen molar-refractivity contribution in [3.63, 3.8) is 0 Å². The fraction of sp³-hybridized carbons (Fsp3) is 0.308. The van der Waals surface area contributed by atoms with Gasteiger partial charge in [0.05, 0.1) is 37.7 Å². The highest BCUT2D eigenvalue weighted by Crippen LogP contribution is 2.44. The summed E-state index contributed by atoms with van der Waals surface area (Å²) >= 11 is 1.26. The van der Waals surface area contributed by atoms with Gasteiger partial charge in [0, 0.05) is 30.6 Å². The van der Waals surface area contributed by atoms with Crippen LogP contribution in [-0.2, 0) is 9.53 Å². The number of fused-ring (bicyclic) bond motifs is 2. The number of nitrogens with zero attached hydrogens (tertiary/aromatic N) is 1. The number of hydrogen-bond donors (Lipinski definition) is 0. The van der Waals surface area contributed by atoms with Crippen LogP contribution in [0.4, 0.5) is 0 Å². The molecule has 0 saturated carbocycles. The van der Waals surface area contributed by atoms with E-state index in [2.05, 4.69) is 4.98 Å². The first-order valence-corrected chi connectivity index (χ1v) is 11.4. The van der Waals surface area contributed by atoms with Crippen molar-refractivity contribution in [2.45, 2.75) is 31.6 Å². The number of pyridine rings is 1. The van der Waals surface area contributed by atoms with Gasteiger partial charge in [0.1, 0.15) is 17.1 Å². The third-order valence-electron chi connectivity index (χ3n) is 5.49. The fourth-order valence-electron chi connectivity index (χ4n) is 4.07. The van der Waals surface area contributed by atoms with E-state index >= 15 is 0 Å². The van der Waals surface area contributed by atoms with Gasteiger partial charge in [-0.1, -0.05) is 17.8 Å². The van der Waals surface area contributed by atoms with Crippen LogP contribution >= 0.6 is 11.8 Å². The molecule has 0 saturated heterocycles. The summed E-state index contributed by atoms with van der Waals surface area (Å²) in [5.74, 6) is 2.71. The van der Waals surface area contributed by atoms with Crippen molar-refractivity contribution in [3.8, 4) is 17.2 Å². The zero-order valence-corrected chi connectivity index (χ0v) is 20.4. The molecule has 0 fully saturated rings. The van der Waals surface area contributed by atoms with Crippen LogP contribution in [0.2, 0.25) is 0 Å². The second-order valence-electron chi connectivity index (χ2n) is 8.29. The molecule has 1 aromatic heterocycles. The monoisotopic (exact) mass is 465 g/mol. The van der Waals surface area contributed by atoms with Crippen molar-refractivity contribution < 1.29 is 23.7 Å². The molecule has 2 heterocycles. The fourth-order valence-corrected chi connectivity index (χ4v) is 5.01. The van der Waals surface area contributed by atoms with Crippen molar-refractivity contribution in [2.75, 3.05) is 21.3 Å². The molecular formula is C26H27NO5S. The van der Waals surface area contributed by atoms with Crippen LogP contribution < -0.4 is 14.2 Å². The molecular weight excluding hydrogens is 438 g/mol. The first kappa shape index (κ1) is 23.0. The minimum Gasteiger partial charge on any atom is -0.496 e. The van der Waals surface area contributed by atoms with Crippen LogP contribution in [0, 0.1) is 0 Å². The average Bonchev–Trinajstić information content (AvgIpc) is 2.79. The lowest BCUT2D eigenvalue weighted by atomic mass is 9.95. The van der Waals surface area contributed by atoms with Gasteiger partial charge in [-0.25, -0.2) is 0 Å². The van der Waals surface area contributed by atoms with Gasteiger partial charge in [-0.3, -0.25) is 9.78 Å². The van der Waals surface area contributed by atoms with Crippen molar-refractivity contribution in [1.82, 2.24) is 4.98 Å². The van der Waals surface area contributed by atoms with Gasteiger partial charge in [0.2, 0.25) is 0 Å². The number of aromatic nitrogens is 1. The molecule has 0 amide bonds. The summed E-state index contributed by atoms with van der Waals surface area (Å²) in [4.78, 5) is 16.8. The topological polar surface area (TPSA) is 66.9 Å². The average molecular weight is 466 g/mol. The minimum atomic E-state index is -0.468. The van der Waals surface area contributed by atoms with E-state index in [-0.39, 0.29) is 10.4 Å². The molecule has 0 radical (unpaired) electrons. The highest BCUT2D eigenvalue weighted by molar-refractivity contribution is 8.13. The van der Waals surface area contributed by atoms with E-state index in [1.165, 1.54) is 11.8 Å². The summed E-state index contributed by atoms with van der Waals surface area (Å²) in [6.07, 6.45) is 3.72. The lowest BCUT2D eigenvalue weighted by molar-refractivity contribution is -0.109. The second kappa shape index (κ2) is 8.98. The van der Waals surface area contributed by atoms with Crippen molar-refractivity contribution in [1.29, 1.82) is 0 Å². The standard InChI is InChI=1S/C26H27NO5S/c1-15(28)33-25(16-7-8-21-19(11-16)24(31-6)14-26(2,3)32-21)17-9-10-27-20-13-23(30-5)22(29-4)12-18(17)20/h7-14,25H,1-6H3. The van der Waals surface area contributed by atoms with Gasteiger partial charge in [-0.05, 0) is 49.2 Å². The summed E-state index contributed by atoms with van der Waals surface area (Å²) in [5, 5.41) is 0.652. The number of benzene rings is 2. The van der Waals surface area contributed by atoms with Gasteiger partial charge in [0.15, 0.2) is 16.6 Å². The first-order valence-electron chi connectivity index (χ1n) is 10.5. The maximum atomic E-state index is 12.3. The maximum absolute atomic E-state index is 12.3. The van der Waals surface area contributed by atoms with E-state index < -0.39 is 5.60 Å². The van der Waals surface area contributed by atoms with Crippen LogP contribution in [0.3, 0.4) is 0 Å². The Balaban J connectivity index is 1.89. The van der Waals surface area contributed by atoms with Crippen LogP contribution in [0.15, 0.2) is 48.7 Å². The molecule has 4 rings (SSSR count). The minimum absolute atomic E-state index is 0.0167. The van der Waals surface area contributed by atoms with E-state index in [1.807, 2.05) is 56.3 Å². The molecule has 1 atom stereocenters. The number of methoxy groups -OCH3 is 3. The third kappa shape index (κ3) is 4.50. The van der Waals surface area contributed by atoms with Crippen LogP contribution in [-0.4, -0.2) is 37.0 Å². The van der Waals surface area contributed by atoms with Crippen molar-refractivity contribution in [3.05, 3.63) is 65.4 Å². The Morgan fingerprint density at radius 3 is 2.42 bits per heavy atom. The molecule has 172 valence electrons. The molecule has 1 aliphatic rings. The molecule has 0 N–H and O–H groups in total. The number of thioether (sulfide) groups is 1. The molecule has 0 aliphatic carbocycles. The SMILES string of the molecule is COC1=CC(C)(C)Oc2ccc(C(SC(C)=O)c3ccnc4cc(OC)c(OC)cc34)cc21. The highest BCUT2D eigenvalue weighted by Gasteiger charge is 2.29. The van der Waals surface area contributed by atoms with Crippen LogP contribution in [0.1, 0.15) is 42.7 Å². The van der Waals surface area contributed by atoms with Gasteiger partial charge in [-0.2, -0.15) is 0 Å². The maximum Gasteiger partial charge on any atom is 0.186 e. The van der Waals surface area contributed by atoms with E-state index in [1.54, 1.807) is 34.4 Å². The number of rotatable bonds is 6. The molecule has 3 aromatic rings. The normalized spacial score (nSPS) is 15.2.